The molecule has 0 radical (unpaired) electrons. The van der Waals surface area contributed by atoms with Gasteiger partial charge in [-0.3, -0.25) is 10.2 Å². The highest BCUT2D eigenvalue weighted by Crippen LogP contribution is 2.33. The molecule has 0 saturated carbocycles. The zero-order chi connectivity index (χ0) is 14.5. The molecule has 1 heterocycles. The molecular formula is C13H15N3O3S. The van der Waals surface area contributed by atoms with Crippen molar-refractivity contribution < 1.29 is 14.3 Å². The Balaban J connectivity index is 2.35. The first-order valence-electron chi connectivity index (χ1n) is 5.97. The van der Waals surface area contributed by atoms with Gasteiger partial charge in [0, 0.05) is 10.9 Å². The molecule has 0 aliphatic rings. The van der Waals surface area contributed by atoms with Crippen LogP contribution in [0.15, 0.2) is 23.6 Å². The monoisotopic (exact) mass is 293 g/mol. The second-order valence-corrected chi connectivity index (χ2v) is 4.67. The highest BCUT2D eigenvalue weighted by atomic mass is 32.1. The van der Waals surface area contributed by atoms with E-state index in [1.165, 1.54) is 11.3 Å². The smallest absolute Gasteiger partial charge is 0.284 e. The Kier molecular flexibility index (Phi) is 4.54. The first kappa shape index (κ1) is 14.3. The number of ether oxygens (including phenoxy) is 2. The van der Waals surface area contributed by atoms with Gasteiger partial charge >= 0.3 is 0 Å². The Labute approximate surface area is 120 Å². The summed E-state index contributed by atoms with van der Waals surface area (Å²) in [7, 11) is 1.59. The topological polar surface area (TPSA) is 86.5 Å². The summed E-state index contributed by atoms with van der Waals surface area (Å²) >= 11 is 1.36. The fraction of sp³-hybridized carbons (Fsp3) is 0.231. The zero-order valence-corrected chi connectivity index (χ0v) is 12.0. The molecule has 1 aromatic carbocycles. The molecule has 0 saturated heterocycles. The maximum Gasteiger partial charge on any atom is 0.284 e. The van der Waals surface area contributed by atoms with E-state index in [-0.39, 0.29) is 0 Å². The number of thiazole rings is 1. The number of carbonyl (C=O) groups is 1. The van der Waals surface area contributed by atoms with Gasteiger partial charge in [-0.15, -0.1) is 11.3 Å². The Morgan fingerprint density at radius 3 is 2.90 bits per heavy atom. The number of methoxy groups -OCH3 is 1. The van der Waals surface area contributed by atoms with E-state index in [2.05, 4.69) is 10.4 Å². The molecule has 6 nitrogen and oxygen atoms in total. The molecule has 106 valence electrons. The van der Waals surface area contributed by atoms with Gasteiger partial charge in [0.1, 0.15) is 10.7 Å². The number of aromatic nitrogens is 1. The van der Waals surface area contributed by atoms with Gasteiger partial charge in [-0.1, -0.05) is 0 Å². The van der Waals surface area contributed by atoms with Crippen LogP contribution in [0.5, 0.6) is 11.5 Å². The van der Waals surface area contributed by atoms with E-state index in [1.807, 2.05) is 25.1 Å². The fourth-order valence-corrected chi connectivity index (χ4v) is 2.46. The molecule has 2 rings (SSSR count). The molecule has 0 spiro atoms. The van der Waals surface area contributed by atoms with Gasteiger partial charge in [-0.05, 0) is 25.1 Å². The predicted octanol–water partition coefficient (Wildman–Crippen LogP) is 1.82. The molecule has 3 N–H and O–H groups in total. The number of hydrogen-bond donors (Lipinski definition) is 2. The Hall–Kier alpha value is -2.12. The second kappa shape index (κ2) is 6.36. The van der Waals surface area contributed by atoms with Crippen molar-refractivity contribution >= 4 is 17.2 Å². The van der Waals surface area contributed by atoms with Crippen LogP contribution in [0.2, 0.25) is 0 Å². The lowest BCUT2D eigenvalue weighted by molar-refractivity contribution is 0.0949. The minimum atomic E-state index is -0.411. The first-order valence-corrected chi connectivity index (χ1v) is 6.85. The van der Waals surface area contributed by atoms with E-state index >= 15 is 0 Å². The number of hydrazine groups is 1. The average Bonchev–Trinajstić information content (AvgIpc) is 2.96. The summed E-state index contributed by atoms with van der Waals surface area (Å²) in [4.78, 5) is 15.6. The summed E-state index contributed by atoms with van der Waals surface area (Å²) < 4.78 is 10.7. The third-order valence-electron chi connectivity index (χ3n) is 2.58. The number of carbonyl (C=O) groups excluding carboxylic acids is 1. The van der Waals surface area contributed by atoms with E-state index in [0.717, 1.165) is 5.56 Å². The highest BCUT2D eigenvalue weighted by molar-refractivity contribution is 7.13. The molecule has 0 bridgehead atoms. The third-order valence-corrected chi connectivity index (χ3v) is 3.47. The van der Waals surface area contributed by atoms with Crippen molar-refractivity contribution in [1.29, 1.82) is 0 Å². The molecule has 7 heteroatoms. The summed E-state index contributed by atoms with van der Waals surface area (Å²) in [6, 6.07) is 5.51. The van der Waals surface area contributed by atoms with Crippen LogP contribution in [0.3, 0.4) is 0 Å². The standard InChI is InChI=1S/C13H15N3O3S/c1-3-19-11-6-8(4-5-10(11)18-2)13-15-9(7-20-13)12(17)16-14/h4-7H,3,14H2,1-2H3,(H,16,17). The van der Waals surface area contributed by atoms with Gasteiger partial charge in [-0.25, -0.2) is 10.8 Å². The minimum Gasteiger partial charge on any atom is -0.493 e. The molecule has 0 aliphatic carbocycles. The van der Waals surface area contributed by atoms with Crippen molar-refractivity contribution in [3.8, 4) is 22.1 Å². The maximum absolute atomic E-state index is 11.4. The molecule has 0 unspecified atom stereocenters. The van der Waals surface area contributed by atoms with Gasteiger partial charge in [0.15, 0.2) is 11.5 Å². The van der Waals surface area contributed by atoms with Crippen molar-refractivity contribution in [2.24, 2.45) is 5.84 Å². The maximum atomic E-state index is 11.4. The normalized spacial score (nSPS) is 10.2. The molecule has 0 aliphatic heterocycles. The van der Waals surface area contributed by atoms with Crippen LogP contribution in [0, 0.1) is 0 Å². The zero-order valence-electron chi connectivity index (χ0n) is 11.2. The van der Waals surface area contributed by atoms with Crippen molar-refractivity contribution in [1.82, 2.24) is 10.4 Å². The van der Waals surface area contributed by atoms with Crippen molar-refractivity contribution in [2.45, 2.75) is 6.92 Å². The van der Waals surface area contributed by atoms with Crippen LogP contribution in [0.1, 0.15) is 17.4 Å². The van der Waals surface area contributed by atoms with Gasteiger partial charge in [0.25, 0.3) is 5.91 Å². The molecule has 0 atom stereocenters. The van der Waals surface area contributed by atoms with E-state index in [4.69, 9.17) is 15.3 Å². The van der Waals surface area contributed by atoms with Gasteiger partial charge in [-0.2, -0.15) is 0 Å². The molecule has 1 aromatic heterocycles. The van der Waals surface area contributed by atoms with Crippen LogP contribution >= 0.6 is 11.3 Å². The molecule has 1 amide bonds. The lowest BCUT2D eigenvalue weighted by atomic mass is 10.2. The van der Waals surface area contributed by atoms with Crippen molar-refractivity contribution in [2.75, 3.05) is 13.7 Å². The number of nitrogens with two attached hydrogens (primary N) is 1. The molecule has 2 aromatic rings. The second-order valence-electron chi connectivity index (χ2n) is 3.81. The Morgan fingerprint density at radius 1 is 1.45 bits per heavy atom. The van der Waals surface area contributed by atoms with Crippen LogP contribution in [-0.4, -0.2) is 24.6 Å². The van der Waals surface area contributed by atoms with Crippen molar-refractivity contribution in [3.63, 3.8) is 0 Å². The van der Waals surface area contributed by atoms with Crippen LogP contribution in [0.25, 0.3) is 10.6 Å². The number of amides is 1. The SMILES string of the molecule is CCOc1cc(-c2nc(C(=O)NN)cs2)ccc1OC. The molecular weight excluding hydrogens is 278 g/mol. The summed E-state index contributed by atoms with van der Waals surface area (Å²) in [5, 5.41) is 2.37. The Morgan fingerprint density at radius 2 is 2.25 bits per heavy atom. The third kappa shape index (κ3) is 2.89. The van der Waals surface area contributed by atoms with Gasteiger partial charge < -0.3 is 9.47 Å². The quantitative estimate of drug-likeness (QED) is 0.499. The molecule has 20 heavy (non-hydrogen) atoms. The highest BCUT2D eigenvalue weighted by Gasteiger charge is 2.12. The number of nitrogen functional groups attached to an aromatic ring is 1. The summed E-state index contributed by atoms with van der Waals surface area (Å²) in [5.74, 6) is 5.98. The first-order chi connectivity index (χ1) is 9.69. The van der Waals surface area contributed by atoms with Gasteiger partial charge in [0.2, 0.25) is 0 Å². The van der Waals surface area contributed by atoms with E-state index in [9.17, 15) is 4.79 Å². The number of nitrogens with zero attached hydrogens (tertiary/aromatic N) is 1. The average molecular weight is 293 g/mol. The summed E-state index contributed by atoms with van der Waals surface area (Å²) in [6.07, 6.45) is 0. The summed E-state index contributed by atoms with van der Waals surface area (Å²) in [5.41, 5.74) is 3.21. The van der Waals surface area contributed by atoms with Crippen LogP contribution < -0.4 is 20.7 Å². The number of rotatable bonds is 5. The van der Waals surface area contributed by atoms with Gasteiger partial charge in [0.05, 0.1) is 13.7 Å². The van der Waals surface area contributed by atoms with E-state index in [0.29, 0.717) is 28.8 Å². The molecule has 0 fully saturated rings. The Bertz CT molecular complexity index is 613. The minimum absolute atomic E-state index is 0.293. The fourth-order valence-electron chi connectivity index (χ4n) is 1.66. The number of hydrogen-bond acceptors (Lipinski definition) is 6. The number of benzene rings is 1. The van der Waals surface area contributed by atoms with Crippen LogP contribution in [-0.2, 0) is 0 Å². The number of nitrogens with one attached hydrogen (secondary N) is 1. The van der Waals surface area contributed by atoms with E-state index in [1.54, 1.807) is 12.5 Å². The lowest BCUT2D eigenvalue weighted by Crippen LogP contribution is -2.30. The predicted molar refractivity (Wildman–Crippen MR) is 76.9 cm³/mol. The van der Waals surface area contributed by atoms with Crippen molar-refractivity contribution in [3.05, 3.63) is 29.3 Å². The van der Waals surface area contributed by atoms with Crippen LogP contribution in [0.4, 0.5) is 0 Å². The lowest BCUT2D eigenvalue weighted by Gasteiger charge is -2.10. The largest absolute Gasteiger partial charge is 0.493 e. The summed E-state index contributed by atoms with van der Waals surface area (Å²) in [6.45, 7) is 2.44. The van der Waals surface area contributed by atoms with E-state index < -0.39 is 5.91 Å².